The molecule has 1 aromatic heterocycles. The van der Waals surface area contributed by atoms with Crippen LogP contribution in [0.1, 0.15) is 36.1 Å². The fraction of sp³-hybridized carbons (Fsp3) is 0.167. The smallest absolute Gasteiger partial charge is 0.338 e. The summed E-state index contributed by atoms with van der Waals surface area (Å²) in [6, 6.07) is 22.4. The van der Waals surface area contributed by atoms with Crippen LogP contribution < -0.4 is 19.6 Å². The Morgan fingerprint density at radius 3 is 2.42 bits per heavy atom. The Hall–Kier alpha value is -4.30. The zero-order valence-corrected chi connectivity index (χ0v) is 21.7. The first-order valence-corrected chi connectivity index (χ1v) is 13.0. The van der Waals surface area contributed by atoms with E-state index < -0.39 is 12.0 Å². The van der Waals surface area contributed by atoms with Gasteiger partial charge in [-0.15, -0.1) is 0 Å². The zero-order valence-electron chi connectivity index (χ0n) is 20.9. The molecule has 38 heavy (non-hydrogen) atoms. The molecular weight excluding hydrogens is 503 g/mol. The number of ether oxygens (including phenoxy) is 2. The van der Waals surface area contributed by atoms with Crippen molar-refractivity contribution in [3.63, 3.8) is 0 Å². The Morgan fingerprint density at radius 2 is 1.76 bits per heavy atom. The number of nitrogens with zero attached hydrogens (tertiary/aromatic N) is 2. The Kier molecular flexibility index (Phi) is 7.33. The van der Waals surface area contributed by atoms with Crippen molar-refractivity contribution in [2.24, 2.45) is 4.99 Å². The van der Waals surface area contributed by atoms with E-state index in [-0.39, 0.29) is 11.4 Å². The third kappa shape index (κ3) is 5.08. The standard InChI is InChI=1S/C30H25FN2O4S/c1-3-24-26(29(35)36-2)27(21-7-5-4-6-8-21)33-28(34)25(38-30(33)32-24)17-19-11-15-23(16-12-19)37-18-20-9-13-22(31)14-10-20/h4-17,27H,3,18H2,1-2H3/b25-17-/t27-/m0/s1. The van der Waals surface area contributed by atoms with Crippen molar-refractivity contribution in [1.29, 1.82) is 0 Å². The predicted octanol–water partition coefficient (Wildman–Crippen LogP) is 4.52. The summed E-state index contributed by atoms with van der Waals surface area (Å²) in [5, 5.41) is 0. The highest BCUT2D eigenvalue weighted by molar-refractivity contribution is 7.07. The Morgan fingerprint density at radius 1 is 1.05 bits per heavy atom. The molecular formula is C30H25FN2O4S. The summed E-state index contributed by atoms with van der Waals surface area (Å²) in [4.78, 5) is 31.7. The van der Waals surface area contributed by atoms with E-state index in [1.54, 1.807) is 16.7 Å². The number of carbonyl (C=O) groups excluding carboxylic acids is 1. The van der Waals surface area contributed by atoms with Crippen LogP contribution in [0, 0.1) is 5.82 Å². The molecule has 1 atom stereocenters. The maximum absolute atomic E-state index is 13.7. The van der Waals surface area contributed by atoms with Gasteiger partial charge in [-0.25, -0.2) is 14.2 Å². The van der Waals surface area contributed by atoms with Crippen molar-refractivity contribution >= 4 is 23.4 Å². The Bertz CT molecular complexity index is 1670. The van der Waals surface area contributed by atoms with Gasteiger partial charge in [0.05, 0.1) is 29.0 Å². The van der Waals surface area contributed by atoms with Crippen molar-refractivity contribution in [3.05, 3.63) is 132 Å². The van der Waals surface area contributed by atoms with Gasteiger partial charge in [0, 0.05) is 0 Å². The van der Waals surface area contributed by atoms with E-state index in [4.69, 9.17) is 9.47 Å². The molecule has 0 N–H and O–H groups in total. The normalized spacial score (nSPS) is 15.1. The van der Waals surface area contributed by atoms with Crippen LogP contribution in [0.15, 0.2) is 99.9 Å². The number of methoxy groups -OCH3 is 1. The van der Waals surface area contributed by atoms with Crippen LogP contribution in [0.5, 0.6) is 5.75 Å². The second-order valence-corrected chi connectivity index (χ2v) is 9.69. The summed E-state index contributed by atoms with van der Waals surface area (Å²) in [6.07, 6.45) is 2.33. The summed E-state index contributed by atoms with van der Waals surface area (Å²) < 4.78 is 26.1. The number of esters is 1. The van der Waals surface area contributed by atoms with Gasteiger partial charge in [-0.05, 0) is 53.5 Å². The van der Waals surface area contributed by atoms with Gasteiger partial charge in [-0.3, -0.25) is 9.36 Å². The van der Waals surface area contributed by atoms with Crippen LogP contribution in [0.4, 0.5) is 4.39 Å². The van der Waals surface area contributed by atoms with Crippen LogP contribution >= 0.6 is 11.3 Å². The number of fused-ring (bicyclic) bond motifs is 1. The van der Waals surface area contributed by atoms with E-state index in [9.17, 15) is 14.0 Å². The number of carbonyl (C=O) groups is 1. The molecule has 8 heteroatoms. The van der Waals surface area contributed by atoms with Crippen molar-refractivity contribution in [1.82, 2.24) is 4.57 Å². The first-order chi connectivity index (χ1) is 18.5. The van der Waals surface area contributed by atoms with E-state index in [1.165, 1.54) is 30.6 Å². The fourth-order valence-corrected chi connectivity index (χ4v) is 5.39. The summed E-state index contributed by atoms with van der Waals surface area (Å²) in [5.74, 6) is -0.122. The molecule has 4 aromatic rings. The first-order valence-electron chi connectivity index (χ1n) is 12.1. The van der Waals surface area contributed by atoms with Crippen LogP contribution in [0.3, 0.4) is 0 Å². The lowest BCUT2D eigenvalue weighted by molar-refractivity contribution is -0.136. The van der Waals surface area contributed by atoms with E-state index >= 15 is 0 Å². The second-order valence-electron chi connectivity index (χ2n) is 8.68. The molecule has 0 fully saturated rings. The molecule has 1 aliphatic heterocycles. The minimum absolute atomic E-state index is 0.226. The predicted molar refractivity (Wildman–Crippen MR) is 144 cm³/mol. The third-order valence-electron chi connectivity index (χ3n) is 6.26. The monoisotopic (exact) mass is 528 g/mol. The molecule has 192 valence electrons. The molecule has 0 saturated heterocycles. The van der Waals surface area contributed by atoms with Gasteiger partial charge in [0.1, 0.15) is 18.2 Å². The molecule has 2 heterocycles. The number of halogens is 1. The highest BCUT2D eigenvalue weighted by Crippen LogP contribution is 2.31. The summed E-state index contributed by atoms with van der Waals surface area (Å²) in [7, 11) is 1.34. The van der Waals surface area contributed by atoms with Gasteiger partial charge in [-0.1, -0.05) is 72.9 Å². The SMILES string of the molecule is CCC1=C(C(=O)OC)[C@H](c2ccccc2)n2c(s/c(=C\c3ccc(OCc4ccc(F)cc4)cc3)c2=O)=N1. The molecule has 0 spiro atoms. The number of allylic oxidation sites excluding steroid dienone is 1. The maximum Gasteiger partial charge on any atom is 0.338 e. The molecule has 6 nitrogen and oxygen atoms in total. The topological polar surface area (TPSA) is 69.9 Å². The molecule has 5 rings (SSSR count). The largest absolute Gasteiger partial charge is 0.489 e. The average molecular weight is 529 g/mol. The number of benzene rings is 3. The van der Waals surface area contributed by atoms with E-state index in [2.05, 4.69) is 4.99 Å². The van der Waals surface area contributed by atoms with Gasteiger partial charge in [0.25, 0.3) is 5.56 Å². The van der Waals surface area contributed by atoms with E-state index in [0.29, 0.717) is 39.4 Å². The quantitative estimate of drug-likeness (QED) is 0.331. The number of hydrogen-bond acceptors (Lipinski definition) is 6. The molecule has 0 unspecified atom stereocenters. The summed E-state index contributed by atoms with van der Waals surface area (Å²) >= 11 is 1.29. The lowest BCUT2D eigenvalue weighted by Crippen LogP contribution is -2.40. The lowest BCUT2D eigenvalue weighted by atomic mass is 9.95. The Balaban J connectivity index is 1.50. The van der Waals surface area contributed by atoms with Crippen molar-refractivity contribution < 1.29 is 18.7 Å². The van der Waals surface area contributed by atoms with Gasteiger partial charge in [0.15, 0.2) is 4.80 Å². The molecule has 3 aromatic carbocycles. The van der Waals surface area contributed by atoms with Crippen molar-refractivity contribution in [3.8, 4) is 5.75 Å². The van der Waals surface area contributed by atoms with E-state index in [0.717, 1.165) is 16.7 Å². The summed E-state index contributed by atoms with van der Waals surface area (Å²) in [6.45, 7) is 2.25. The molecule has 0 radical (unpaired) electrons. The molecule has 0 saturated carbocycles. The fourth-order valence-electron chi connectivity index (χ4n) is 4.37. The number of hydrogen-bond donors (Lipinski definition) is 0. The van der Waals surface area contributed by atoms with Gasteiger partial charge in [-0.2, -0.15) is 0 Å². The minimum atomic E-state index is -0.626. The highest BCUT2D eigenvalue weighted by Gasteiger charge is 2.33. The maximum atomic E-state index is 13.7. The lowest BCUT2D eigenvalue weighted by Gasteiger charge is -2.25. The van der Waals surface area contributed by atoms with Gasteiger partial charge >= 0.3 is 5.97 Å². The van der Waals surface area contributed by atoms with Crippen LogP contribution in [-0.2, 0) is 16.1 Å². The van der Waals surface area contributed by atoms with Crippen LogP contribution in [0.25, 0.3) is 6.08 Å². The van der Waals surface area contributed by atoms with Crippen molar-refractivity contribution in [2.45, 2.75) is 26.0 Å². The molecule has 0 aliphatic carbocycles. The van der Waals surface area contributed by atoms with Gasteiger partial charge < -0.3 is 9.47 Å². The van der Waals surface area contributed by atoms with Gasteiger partial charge in [0.2, 0.25) is 0 Å². The molecule has 0 amide bonds. The zero-order chi connectivity index (χ0) is 26.6. The minimum Gasteiger partial charge on any atom is -0.489 e. The van der Waals surface area contributed by atoms with Crippen LogP contribution in [0.2, 0.25) is 0 Å². The number of aromatic nitrogens is 1. The summed E-state index contributed by atoms with van der Waals surface area (Å²) in [5.41, 5.74) is 3.26. The van der Waals surface area contributed by atoms with E-state index in [1.807, 2.05) is 67.6 Å². The third-order valence-corrected chi connectivity index (χ3v) is 7.25. The molecule has 0 bridgehead atoms. The molecule has 1 aliphatic rings. The highest BCUT2D eigenvalue weighted by atomic mass is 32.1. The number of thiazole rings is 1. The van der Waals surface area contributed by atoms with Crippen molar-refractivity contribution in [2.75, 3.05) is 7.11 Å². The number of rotatable bonds is 7. The average Bonchev–Trinajstić information content (AvgIpc) is 3.26. The second kappa shape index (κ2) is 11.0. The van der Waals surface area contributed by atoms with Crippen LogP contribution in [-0.4, -0.2) is 17.6 Å². The first kappa shape index (κ1) is 25.4. The Labute approximate surface area is 222 Å².